The molecule has 1 aliphatic heterocycles. The van der Waals surface area contributed by atoms with Gasteiger partial charge in [-0.3, -0.25) is 9.89 Å². The van der Waals surface area contributed by atoms with Crippen LogP contribution in [0.3, 0.4) is 0 Å². The van der Waals surface area contributed by atoms with Gasteiger partial charge in [0.2, 0.25) is 0 Å². The van der Waals surface area contributed by atoms with Crippen LogP contribution in [0, 0.1) is 5.92 Å². The first kappa shape index (κ1) is 19.1. The van der Waals surface area contributed by atoms with E-state index in [9.17, 15) is 18.0 Å². The molecular weight excluding hydrogens is 389 g/mol. The van der Waals surface area contributed by atoms with Crippen molar-refractivity contribution in [2.45, 2.75) is 19.0 Å². The van der Waals surface area contributed by atoms with Gasteiger partial charge in [0.25, 0.3) is 5.91 Å². The number of rotatable bonds is 4. The van der Waals surface area contributed by atoms with Gasteiger partial charge < -0.3 is 9.64 Å². The minimum atomic E-state index is -4.59. The second-order valence-corrected chi connectivity index (χ2v) is 6.78. The molecule has 1 fully saturated rings. The summed E-state index contributed by atoms with van der Waals surface area (Å²) in [4.78, 5) is 26.1. The maximum Gasteiger partial charge on any atom is 0.437 e. The number of likely N-dealkylation sites (tertiary alicyclic amines) is 1. The zero-order chi connectivity index (χ0) is 20.4. The number of hydrogen-bond acceptors (Lipinski definition) is 6. The Hall–Kier alpha value is -3.24. The van der Waals surface area contributed by atoms with Crippen molar-refractivity contribution in [1.82, 2.24) is 30.0 Å². The van der Waals surface area contributed by atoms with Crippen molar-refractivity contribution in [2.75, 3.05) is 19.7 Å². The fourth-order valence-electron chi connectivity index (χ4n) is 3.31. The number of aromatic amines is 1. The summed E-state index contributed by atoms with van der Waals surface area (Å²) in [5.74, 6) is -0.679. The number of alkyl halides is 3. The summed E-state index contributed by atoms with van der Waals surface area (Å²) in [5, 5.41) is 6.50. The summed E-state index contributed by atoms with van der Waals surface area (Å²) in [6.07, 6.45) is 0.828. The average Bonchev–Trinajstić information content (AvgIpc) is 3.19. The van der Waals surface area contributed by atoms with Crippen LogP contribution in [0.25, 0.3) is 11.2 Å². The number of carbonyl (C=O) groups excluding carboxylic acids is 1. The van der Waals surface area contributed by atoms with Gasteiger partial charge in [0.1, 0.15) is 17.0 Å². The van der Waals surface area contributed by atoms with Crippen LogP contribution in [-0.4, -0.2) is 55.7 Å². The zero-order valence-corrected chi connectivity index (χ0v) is 15.2. The molecule has 1 amide bonds. The number of amides is 1. The average molecular weight is 406 g/mol. The summed E-state index contributed by atoms with van der Waals surface area (Å²) >= 11 is 0. The number of hydrogen-bond donors (Lipinski definition) is 1. The lowest BCUT2D eigenvalue weighted by Gasteiger charge is -2.32. The quantitative estimate of drug-likeness (QED) is 0.716. The van der Waals surface area contributed by atoms with E-state index >= 15 is 0 Å². The van der Waals surface area contributed by atoms with Crippen LogP contribution in [0.1, 0.15) is 29.0 Å². The van der Waals surface area contributed by atoms with Crippen LogP contribution in [0.5, 0.6) is 5.75 Å². The van der Waals surface area contributed by atoms with Gasteiger partial charge in [0.05, 0.1) is 19.0 Å². The molecule has 0 radical (unpaired) electrons. The molecule has 1 N–H and O–H groups in total. The summed E-state index contributed by atoms with van der Waals surface area (Å²) in [6, 6.07) is 2.64. The van der Waals surface area contributed by atoms with E-state index in [0.717, 1.165) is 19.0 Å². The fraction of sp³-hybridized carbons (Fsp3) is 0.389. The van der Waals surface area contributed by atoms with Gasteiger partial charge in [-0.05, 0) is 25.0 Å². The first-order valence-electron chi connectivity index (χ1n) is 9.02. The molecule has 3 aromatic rings. The van der Waals surface area contributed by atoms with Crippen molar-refractivity contribution in [3.8, 4) is 5.75 Å². The lowest BCUT2D eigenvalue weighted by molar-refractivity contribution is -0.142. The van der Waals surface area contributed by atoms with Crippen molar-refractivity contribution in [1.29, 1.82) is 0 Å². The monoisotopic (exact) mass is 406 g/mol. The second kappa shape index (κ2) is 7.64. The number of ether oxygens (including phenoxy) is 1. The summed E-state index contributed by atoms with van der Waals surface area (Å²) in [6.45, 7) is 0.970. The van der Waals surface area contributed by atoms with Crippen LogP contribution in [0.4, 0.5) is 13.2 Å². The highest BCUT2D eigenvalue weighted by Crippen LogP contribution is 2.34. The summed E-state index contributed by atoms with van der Waals surface area (Å²) in [5.41, 5.74) is 0.131. The maximum absolute atomic E-state index is 13.0. The standard InChI is InChI=1S/C18H17F3N6O2/c19-18(20,21)15-14(4-1-5-22-15)29-10-11-3-2-6-27(9-11)17(28)13-7-23-16-12(25-13)8-24-26-16/h1,4-5,7-8,11H,2-3,6,9-10H2,(H,23,24,26). The molecule has 1 atom stereocenters. The van der Waals surface area contributed by atoms with Crippen LogP contribution >= 0.6 is 0 Å². The Bertz CT molecular complexity index is 1020. The fourth-order valence-corrected chi connectivity index (χ4v) is 3.31. The van der Waals surface area contributed by atoms with E-state index in [-0.39, 0.29) is 29.9 Å². The lowest BCUT2D eigenvalue weighted by Crippen LogP contribution is -2.42. The SMILES string of the molecule is O=C(c1cnc2[nH]ncc2n1)N1CCCC(COc2cccnc2C(F)(F)F)C1. The molecule has 0 aliphatic carbocycles. The van der Waals surface area contributed by atoms with Crippen LogP contribution < -0.4 is 4.74 Å². The molecule has 4 rings (SSSR count). The van der Waals surface area contributed by atoms with Crippen LogP contribution in [0.2, 0.25) is 0 Å². The Morgan fingerprint density at radius 3 is 3.00 bits per heavy atom. The Kier molecular flexibility index (Phi) is 5.03. The minimum absolute atomic E-state index is 0.0605. The van der Waals surface area contributed by atoms with Crippen molar-refractivity contribution in [2.24, 2.45) is 5.92 Å². The molecule has 3 aromatic heterocycles. The molecule has 0 aromatic carbocycles. The van der Waals surface area contributed by atoms with E-state index < -0.39 is 11.9 Å². The highest BCUT2D eigenvalue weighted by Gasteiger charge is 2.36. The van der Waals surface area contributed by atoms with Gasteiger partial charge >= 0.3 is 6.18 Å². The molecule has 1 unspecified atom stereocenters. The van der Waals surface area contributed by atoms with Crippen molar-refractivity contribution in [3.63, 3.8) is 0 Å². The number of pyridine rings is 1. The smallest absolute Gasteiger partial charge is 0.437 e. The maximum atomic E-state index is 13.0. The largest absolute Gasteiger partial charge is 0.491 e. The second-order valence-electron chi connectivity index (χ2n) is 6.78. The van der Waals surface area contributed by atoms with E-state index in [1.807, 2.05) is 0 Å². The third-order valence-electron chi connectivity index (χ3n) is 4.70. The Labute approximate surface area is 163 Å². The number of nitrogens with one attached hydrogen (secondary N) is 1. The number of halogens is 3. The van der Waals surface area contributed by atoms with E-state index in [2.05, 4.69) is 25.1 Å². The zero-order valence-electron chi connectivity index (χ0n) is 15.2. The molecule has 4 heterocycles. The molecule has 29 heavy (non-hydrogen) atoms. The highest BCUT2D eigenvalue weighted by molar-refractivity contribution is 5.93. The van der Waals surface area contributed by atoms with E-state index in [1.165, 1.54) is 24.5 Å². The van der Waals surface area contributed by atoms with Crippen molar-refractivity contribution in [3.05, 3.63) is 42.1 Å². The molecule has 0 spiro atoms. The third-order valence-corrected chi connectivity index (χ3v) is 4.70. The number of H-pyrrole nitrogens is 1. The third kappa shape index (κ3) is 4.13. The predicted molar refractivity (Wildman–Crippen MR) is 95.0 cm³/mol. The highest BCUT2D eigenvalue weighted by atomic mass is 19.4. The van der Waals surface area contributed by atoms with Gasteiger partial charge in [-0.1, -0.05) is 0 Å². The predicted octanol–water partition coefficient (Wildman–Crippen LogP) is 2.70. The van der Waals surface area contributed by atoms with Crippen molar-refractivity contribution >= 4 is 17.1 Å². The topological polar surface area (TPSA) is 96.9 Å². The minimum Gasteiger partial charge on any atom is -0.491 e. The van der Waals surface area contributed by atoms with Crippen LogP contribution in [0.15, 0.2) is 30.7 Å². The van der Waals surface area contributed by atoms with Gasteiger partial charge in [-0.2, -0.15) is 18.3 Å². The summed E-state index contributed by atoms with van der Waals surface area (Å²) in [7, 11) is 0. The Morgan fingerprint density at radius 2 is 2.17 bits per heavy atom. The number of carbonyl (C=O) groups is 1. The van der Waals surface area contributed by atoms with Gasteiger partial charge in [0, 0.05) is 25.2 Å². The van der Waals surface area contributed by atoms with Gasteiger partial charge in [0.15, 0.2) is 11.3 Å². The Balaban J connectivity index is 1.42. The first-order chi connectivity index (χ1) is 13.9. The molecule has 0 bridgehead atoms. The molecule has 152 valence electrons. The van der Waals surface area contributed by atoms with Crippen molar-refractivity contribution < 1.29 is 22.7 Å². The van der Waals surface area contributed by atoms with Gasteiger partial charge in [-0.25, -0.2) is 15.0 Å². The molecule has 1 saturated heterocycles. The molecule has 11 heteroatoms. The Morgan fingerprint density at radius 1 is 1.31 bits per heavy atom. The van der Waals surface area contributed by atoms with E-state index in [1.54, 1.807) is 4.90 Å². The van der Waals surface area contributed by atoms with Gasteiger partial charge in [-0.15, -0.1) is 0 Å². The number of aromatic nitrogens is 5. The lowest BCUT2D eigenvalue weighted by atomic mass is 9.98. The molecular formula is C18H17F3N6O2. The number of fused-ring (bicyclic) bond motifs is 1. The van der Waals surface area contributed by atoms with E-state index in [0.29, 0.717) is 24.3 Å². The van der Waals surface area contributed by atoms with E-state index in [4.69, 9.17) is 4.74 Å². The molecule has 8 nitrogen and oxygen atoms in total. The summed E-state index contributed by atoms with van der Waals surface area (Å²) < 4.78 is 44.6. The molecule has 1 aliphatic rings. The first-order valence-corrected chi connectivity index (χ1v) is 9.02. The molecule has 0 saturated carbocycles. The number of piperidine rings is 1. The number of nitrogens with zero attached hydrogens (tertiary/aromatic N) is 5. The van der Waals surface area contributed by atoms with Crippen LogP contribution in [-0.2, 0) is 6.18 Å². The normalized spacial score (nSPS) is 17.5.